The number of aliphatic hydroxyl groups excluding tert-OH is 5. The molecule has 49 heavy (non-hydrogen) atoms. The monoisotopic (exact) mass is 724 g/mol. The zero-order valence-electron chi connectivity index (χ0n) is 29.7. The van der Waals surface area contributed by atoms with Gasteiger partial charge in [0.15, 0.2) is 6.10 Å². The molecule has 1 saturated carbocycles. The van der Waals surface area contributed by atoms with Crippen LogP contribution in [-0.4, -0.2) is 98.3 Å². The van der Waals surface area contributed by atoms with Gasteiger partial charge < -0.3 is 39.9 Å². The fraction of sp³-hybridized carbons (Fsp3) is 0.886. The predicted molar refractivity (Wildman–Crippen MR) is 184 cm³/mol. The predicted octanol–water partition coefficient (Wildman–Crippen LogP) is 5.16. The third-order valence-electron chi connectivity index (χ3n) is 8.61. The molecule has 0 spiro atoms. The first kappa shape index (κ1) is 45.6. The van der Waals surface area contributed by atoms with Gasteiger partial charge in [-0.15, -0.1) is 0 Å². The second-order valence-corrected chi connectivity index (χ2v) is 14.5. The molecule has 0 aromatic heterocycles. The van der Waals surface area contributed by atoms with Crippen LogP contribution in [-0.2, 0) is 32.7 Å². The number of carbonyl (C=O) groups is 2. The van der Waals surface area contributed by atoms with E-state index in [1.807, 2.05) is 0 Å². The summed E-state index contributed by atoms with van der Waals surface area (Å²) < 4.78 is 33.2. The molecule has 0 amide bonds. The van der Waals surface area contributed by atoms with E-state index in [9.17, 15) is 44.6 Å². The minimum atomic E-state index is -5.10. The molecule has 1 fully saturated rings. The summed E-state index contributed by atoms with van der Waals surface area (Å²) in [7, 11) is -5.10. The molecule has 14 heteroatoms. The number of rotatable bonds is 29. The second-order valence-electron chi connectivity index (χ2n) is 13.1. The number of hydrogen-bond acceptors (Lipinski definition) is 12. The number of unbranched alkanes of at least 4 members (excludes halogenated alkanes) is 15. The van der Waals surface area contributed by atoms with Gasteiger partial charge in [-0.1, -0.05) is 103 Å². The van der Waals surface area contributed by atoms with Gasteiger partial charge >= 0.3 is 19.8 Å². The fourth-order valence-corrected chi connectivity index (χ4v) is 6.49. The molecule has 6 unspecified atom stereocenters. The molecule has 0 heterocycles. The van der Waals surface area contributed by atoms with Crippen molar-refractivity contribution >= 4 is 19.8 Å². The van der Waals surface area contributed by atoms with Crippen LogP contribution in [0.25, 0.3) is 0 Å². The largest absolute Gasteiger partial charge is 0.472 e. The standard InChI is InChI=1S/C35H65O13P/c1-3-5-7-9-11-12-13-14-15-16-18-20-22-24-29(37)47-27(25-45-28(36)23-21-19-17-10-8-6-4-2)26-46-49(43,44)48-35-33(41)31(39)30(38)32(40)34(35)42/h12-13,27,30-35,38-42H,3-11,14-26H2,1-2H3,(H,43,44)/b13-12-. The molecular weight excluding hydrogens is 659 g/mol. The Kier molecular flexibility index (Phi) is 25.4. The van der Waals surface area contributed by atoms with Crippen molar-refractivity contribution in [1.29, 1.82) is 0 Å². The lowest BCUT2D eigenvalue weighted by molar-refractivity contribution is -0.220. The summed E-state index contributed by atoms with van der Waals surface area (Å²) in [4.78, 5) is 35.2. The van der Waals surface area contributed by atoms with Crippen LogP contribution in [0.3, 0.4) is 0 Å². The van der Waals surface area contributed by atoms with Crippen molar-refractivity contribution in [3.8, 4) is 0 Å². The molecule has 1 rings (SSSR count). The van der Waals surface area contributed by atoms with Crippen molar-refractivity contribution in [2.24, 2.45) is 0 Å². The fourth-order valence-electron chi connectivity index (χ4n) is 5.52. The van der Waals surface area contributed by atoms with Gasteiger partial charge in [0.2, 0.25) is 0 Å². The Morgan fingerprint density at radius 3 is 1.57 bits per heavy atom. The molecule has 0 radical (unpaired) electrons. The van der Waals surface area contributed by atoms with Crippen LogP contribution in [0.1, 0.15) is 142 Å². The van der Waals surface area contributed by atoms with Gasteiger partial charge in [0, 0.05) is 12.8 Å². The first-order chi connectivity index (χ1) is 23.4. The van der Waals surface area contributed by atoms with Crippen molar-refractivity contribution in [2.75, 3.05) is 13.2 Å². The van der Waals surface area contributed by atoms with Gasteiger partial charge in [-0.2, -0.15) is 0 Å². The van der Waals surface area contributed by atoms with Crippen LogP contribution in [0.15, 0.2) is 12.2 Å². The number of hydrogen-bond donors (Lipinski definition) is 6. The van der Waals surface area contributed by atoms with Crippen LogP contribution in [0.5, 0.6) is 0 Å². The van der Waals surface area contributed by atoms with E-state index in [0.717, 1.165) is 70.6 Å². The average Bonchev–Trinajstić information content (AvgIpc) is 3.07. The van der Waals surface area contributed by atoms with E-state index in [4.69, 9.17) is 18.5 Å². The maximum atomic E-state index is 12.7. The van der Waals surface area contributed by atoms with Crippen LogP contribution in [0.2, 0.25) is 0 Å². The Bertz CT molecular complexity index is 932. The highest BCUT2D eigenvalue weighted by Gasteiger charge is 2.51. The number of carbonyl (C=O) groups excluding carboxylic acids is 2. The number of phosphoric ester groups is 1. The van der Waals surface area contributed by atoms with Crippen molar-refractivity contribution in [3.63, 3.8) is 0 Å². The zero-order chi connectivity index (χ0) is 36.5. The molecule has 0 aromatic carbocycles. The molecule has 0 aromatic rings. The number of allylic oxidation sites excluding steroid dienone is 2. The number of ether oxygens (including phenoxy) is 2. The van der Waals surface area contributed by atoms with E-state index in [1.54, 1.807) is 0 Å². The molecule has 0 aliphatic heterocycles. The lowest BCUT2D eigenvalue weighted by Crippen LogP contribution is -2.64. The van der Waals surface area contributed by atoms with Crippen LogP contribution >= 0.6 is 7.82 Å². The van der Waals surface area contributed by atoms with E-state index < -0.39 is 75.7 Å². The number of phosphoric acid groups is 1. The van der Waals surface area contributed by atoms with Crippen LogP contribution in [0.4, 0.5) is 0 Å². The molecule has 0 saturated heterocycles. The van der Waals surface area contributed by atoms with Crippen molar-refractivity contribution in [1.82, 2.24) is 0 Å². The summed E-state index contributed by atoms with van der Waals surface area (Å²) in [5.74, 6) is -1.12. The van der Waals surface area contributed by atoms with E-state index in [-0.39, 0.29) is 12.8 Å². The third kappa shape index (κ3) is 20.9. The number of aliphatic hydroxyl groups is 5. The Balaban J connectivity index is 2.56. The van der Waals surface area contributed by atoms with Crippen molar-refractivity contribution < 1.29 is 63.1 Å². The van der Waals surface area contributed by atoms with Crippen molar-refractivity contribution in [2.45, 2.75) is 185 Å². The third-order valence-corrected chi connectivity index (χ3v) is 9.59. The van der Waals surface area contributed by atoms with Gasteiger partial charge in [-0.3, -0.25) is 18.6 Å². The highest BCUT2D eigenvalue weighted by molar-refractivity contribution is 7.47. The maximum absolute atomic E-state index is 12.7. The van der Waals surface area contributed by atoms with Gasteiger partial charge in [0.1, 0.15) is 43.2 Å². The van der Waals surface area contributed by atoms with Gasteiger partial charge in [-0.25, -0.2) is 4.57 Å². The van der Waals surface area contributed by atoms with Crippen LogP contribution in [0, 0.1) is 0 Å². The zero-order valence-corrected chi connectivity index (χ0v) is 30.6. The molecule has 6 atom stereocenters. The highest BCUT2D eigenvalue weighted by Crippen LogP contribution is 2.47. The summed E-state index contributed by atoms with van der Waals surface area (Å²) in [6, 6.07) is 0. The molecule has 1 aliphatic carbocycles. The van der Waals surface area contributed by atoms with Crippen molar-refractivity contribution in [3.05, 3.63) is 12.2 Å². The van der Waals surface area contributed by atoms with E-state index in [1.165, 1.54) is 32.1 Å². The Morgan fingerprint density at radius 2 is 1.04 bits per heavy atom. The van der Waals surface area contributed by atoms with E-state index in [0.29, 0.717) is 12.8 Å². The van der Waals surface area contributed by atoms with Gasteiger partial charge in [-0.05, 0) is 38.5 Å². The molecule has 0 bridgehead atoms. The van der Waals surface area contributed by atoms with E-state index in [2.05, 4.69) is 26.0 Å². The Hall–Kier alpha value is -1.41. The first-order valence-electron chi connectivity index (χ1n) is 18.5. The summed E-state index contributed by atoms with van der Waals surface area (Å²) in [6.45, 7) is 3.17. The second kappa shape index (κ2) is 27.3. The SMILES string of the molecule is CCCCCC/C=C\CCCCCCCC(=O)OC(COC(=O)CCCCCCCCC)COP(=O)(O)OC1C(O)C(O)C(O)C(O)C1O. The molecule has 6 N–H and O–H groups in total. The normalized spacial score (nSPS) is 24.5. The van der Waals surface area contributed by atoms with E-state index >= 15 is 0 Å². The molecule has 1 aliphatic rings. The summed E-state index contributed by atoms with van der Waals surface area (Å²) in [5, 5.41) is 49.8. The Labute approximate surface area is 293 Å². The maximum Gasteiger partial charge on any atom is 0.472 e. The van der Waals surface area contributed by atoms with Gasteiger partial charge in [0.25, 0.3) is 0 Å². The lowest BCUT2D eigenvalue weighted by Gasteiger charge is -2.41. The average molecular weight is 725 g/mol. The minimum Gasteiger partial charge on any atom is -0.462 e. The summed E-state index contributed by atoms with van der Waals surface area (Å²) >= 11 is 0. The highest BCUT2D eigenvalue weighted by atomic mass is 31.2. The lowest BCUT2D eigenvalue weighted by atomic mass is 9.85. The topological polar surface area (TPSA) is 210 Å². The molecule has 13 nitrogen and oxygen atoms in total. The molecular formula is C35H65O13P. The smallest absolute Gasteiger partial charge is 0.462 e. The first-order valence-corrected chi connectivity index (χ1v) is 20.0. The summed E-state index contributed by atoms with van der Waals surface area (Å²) in [5.41, 5.74) is 0. The Morgan fingerprint density at radius 1 is 0.612 bits per heavy atom. The quantitative estimate of drug-likeness (QED) is 0.0255. The minimum absolute atomic E-state index is 0.0893. The van der Waals surface area contributed by atoms with Gasteiger partial charge in [0.05, 0.1) is 6.61 Å². The molecule has 288 valence electrons. The van der Waals surface area contributed by atoms with Crippen LogP contribution < -0.4 is 0 Å². The summed E-state index contributed by atoms with van der Waals surface area (Å²) in [6.07, 6.45) is 10.4. The number of esters is 2.